The number of hydrogen-bond acceptors (Lipinski definition) is 5. The second kappa shape index (κ2) is 8.77. The lowest BCUT2D eigenvalue weighted by Crippen LogP contribution is -2.17. The van der Waals surface area contributed by atoms with Crippen molar-refractivity contribution in [3.8, 4) is 11.7 Å². The second-order valence-electron chi connectivity index (χ2n) is 6.91. The zero-order chi connectivity index (χ0) is 23.6. The number of carbonyl (C=O) groups excluding carboxylic acids is 2. The van der Waals surface area contributed by atoms with Crippen LogP contribution in [0.1, 0.15) is 46.1 Å². The number of amides is 1. The molecule has 1 amide bonds. The lowest BCUT2D eigenvalue weighted by molar-refractivity contribution is -0.138. The van der Waals surface area contributed by atoms with Crippen molar-refractivity contribution in [2.45, 2.75) is 32.9 Å². The van der Waals surface area contributed by atoms with Gasteiger partial charge >= 0.3 is 12.1 Å². The van der Waals surface area contributed by atoms with Crippen molar-refractivity contribution in [3.63, 3.8) is 0 Å². The van der Waals surface area contributed by atoms with Gasteiger partial charge in [-0.3, -0.25) is 9.59 Å². The molecule has 2 N–H and O–H groups in total. The topological polar surface area (TPSA) is 100 Å². The maximum Gasteiger partial charge on any atom is 0.416 e. The Hall–Kier alpha value is -3.76. The van der Waals surface area contributed by atoms with Gasteiger partial charge in [0.2, 0.25) is 5.88 Å². The molecular weight excluding hydrogens is 432 g/mol. The number of pyridine rings is 1. The third-order valence-corrected chi connectivity index (χ3v) is 4.48. The van der Waals surface area contributed by atoms with Crippen LogP contribution in [0.25, 0.3) is 5.82 Å². The fourth-order valence-electron chi connectivity index (χ4n) is 3.06. The van der Waals surface area contributed by atoms with E-state index in [1.54, 1.807) is 6.92 Å². The average molecular weight is 450 g/mol. The number of benzene rings is 1. The number of halogens is 4. The Labute approximate surface area is 179 Å². The molecule has 1 aromatic carbocycles. The first-order valence-corrected chi connectivity index (χ1v) is 9.41. The summed E-state index contributed by atoms with van der Waals surface area (Å²) in [6.07, 6.45) is -3.34. The number of hydrogen-bond donors (Lipinski definition) is 1. The normalized spacial score (nSPS) is 11.4. The summed E-state index contributed by atoms with van der Waals surface area (Å²) in [6.45, 7) is 3.06. The van der Waals surface area contributed by atoms with Gasteiger partial charge in [-0.25, -0.2) is 9.37 Å². The fraction of sp³-hybridized carbons (Fsp3) is 0.238. The standard InChI is InChI=1S/C21H18F4N4O3/c1-3-17(30)32-20-18(19(26)31)11(2)28-29(20)16-9-12(4-5-27-16)6-13-7-14(21(23,24)25)10-15(22)8-13/h4-5,7-10H,3,6H2,1-2H3,(H2,26,31). The molecule has 0 radical (unpaired) electrons. The quantitative estimate of drug-likeness (QED) is 0.456. The molecule has 0 saturated heterocycles. The number of esters is 1. The monoisotopic (exact) mass is 450 g/mol. The molecule has 11 heteroatoms. The molecule has 168 valence electrons. The van der Waals surface area contributed by atoms with E-state index in [1.807, 2.05) is 0 Å². The van der Waals surface area contributed by atoms with Crippen molar-refractivity contribution < 1.29 is 31.9 Å². The molecule has 0 atom stereocenters. The first-order valence-electron chi connectivity index (χ1n) is 9.41. The highest BCUT2D eigenvalue weighted by atomic mass is 19.4. The van der Waals surface area contributed by atoms with Crippen molar-refractivity contribution in [2.24, 2.45) is 5.73 Å². The molecular formula is C21H18F4N4O3. The van der Waals surface area contributed by atoms with E-state index >= 15 is 0 Å². The molecule has 0 spiro atoms. The minimum absolute atomic E-state index is 0.0248. The highest BCUT2D eigenvalue weighted by Gasteiger charge is 2.31. The van der Waals surface area contributed by atoms with Crippen molar-refractivity contribution >= 4 is 11.9 Å². The van der Waals surface area contributed by atoms with E-state index < -0.39 is 29.4 Å². The summed E-state index contributed by atoms with van der Waals surface area (Å²) in [5.41, 5.74) is 4.97. The summed E-state index contributed by atoms with van der Waals surface area (Å²) in [5.74, 6) is -2.58. The van der Waals surface area contributed by atoms with E-state index in [4.69, 9.17) is 10.5 Å². The van der Waals surface area contributed by atoms with Crippen LogP contribution in [0.3, 0.4) is 0 Å². The van der Waals surface area contributed by atoms with Crippen LogP contribution in [0.4, 0.5) is 17.6 Å². The first kappa shape index (κ1) is 22.9. The maximum atomic E-state index is 13.7. The molecule has 0 aliphatic rings. The zero-order valence-electron chi connectivity index (χ0n) is 17.0. The van der Waals surface area contributed by atoms with Crippen molar-refractivity contribution in [3.05, 3.63) is 70.3 Å². The largest absolute Gasteiger partial charge is 0.416 e. The Bertz CT molecular complexity index is 1190. The summed E-state index contributed by atoms with van der Waals surface area (Å²) in [7, 11) is 0. The predicted molar refractivity (Wildman–Crippen MR) is 105 cm³/mol. The van der Waals surface area contributed by atoms with Gasteiger partial charge in [-0.05, 0) is 54.8 Å². The number of aryl methyl sites for hydroxylation is 1. The van der Waals surface area contributed by atoms with Gasteiger partial charge in [-0.15, -0.1) is 0 Å². The number of alkyl halides is 3. The van der Waals surface area contributed by atoms with Crippen molar-refractivity contribution in [1.29, 1.82) is 0 Å². The van der Waals surface area contributed by atoms with Crippen LogP contribution in [0.5, 0.6) is 5.88 Å². The van der Waals surface area contributed by atoms with E-state index in [-0.39, 0.29) is 41.4 Å². The number of primary amides is 1. The van der Waals surface area contributed by atoms with E-state index in [9.17, 15) is 27.2 Å². The molecule has 3 aromatic rings. The number of aromatic nitrogens is 3. The molecule has 2 heterocycles. The Morgan fingerprint density at radius 1 is 1.16 bits per heavy atom. The third-order valence-electron chi connectivity index (χ3n) is 4.48. The van der Waals surface area contributed by atoms with Crippen LogP contribution in [-0.2, 0) is 17.4 Å². The van der Waals surface area contributed by atoms with Gasteiger partial charge in [0.25, 0.3) is 5.91 Å². The molecule has 32 heavy (non-hydrogen) atoms. The van der Waals surface area contributed by atoms with Gasteiger partial charge in [-0.1, -0.05) is 6.92 Å². The molecule has 0 unspecified atom stereocenters. The number of rotatable bonds is 6. The van der Waals surface area contributed by atoms with Gasteiger partial charge < -0.3 is 10.5 Å². The number of carbonyl (C=O) groups is 2. The van der Waals surface area contributed by atoms with Gasteiger partial charge in [0.15, 0.2) is 5.82 Å². The van der Waals surface area contributed by atoms with Gasteiger partial charge in [-0.2, -0.15) is 23.0 Å². The second-order valence-corrected chi connectivity index (χ2v) is 6.91. The maximum absolute atomic E-state index is 13.7. The van der Waals surface area contributed by atoms with Crippen LogP contribution in [0, 0.1) is 12.7 Å². The van der Waals surface area contributed by atoms with Crippen LogP contribution in [0.15, 0.2) is 36.5 Å². The highest BCUT2D eigenvalue weighted by Crippen LogP contribution is 2.31. The lowest BCUT2D eigenvalue weighted by Gasteiger charge is -2.11. The van der Waals surface area contributed by atoms with Crippen LogP contribution >= 0.6 is 0 Å². The van der Waals surface area contributed by atoms with Crippen LogP contribution in [0.2, 0.25) is 0 Å². The van der Waals surface area contributed by atoms with Gasteiger partial charge in [0.05, 0.1) is 11.3 Å². The summed E-state index contributed by atoms with van der Waals surface area (Å²) in [5, 5.41) is 4.17. The number of nitrogens with zero attached hydrogens (tertiary/aromatic N) is 3. The molecule has 0 saturated carbocycles. The summed E-state index contributed by atoms with van der Waals surface area (Å²) in [4.78, 5) is 27.8. The van der Waals surface area contributed by atoms with E-state index in [0.29, 0.717) is 11.6 Å². The third kappa shape index (κ3) is 4.93. The summed E-state index contributed by atoms with van der Waals surface area (Å²) >= 11 is 0. The number of nitrogens with two attached hydrogens (primary N) is 1. The van der Waals surface area contributed by atoms with Gasteiger partial charge in [0.1, 0.15) is 11.4 Å². The average Bonchev–Trinajstić information content (AvgIpc) is 3.03. The SMILES string of the molecule is CCC(=O)Oc1c(C(N)=O)c(C)nn1-c1cc(Cc2cc(F)cc(C(F)(F)F)c2)ccn1. The van der Waals surface area contributed by atoms with Crippen LogP contribution in [-0.4, -0.2) is 26.6 Å². The van der Waals surface area contributed by atoms with E-state index in [2.05, 4.69) is 10.1 Å². The molecule has 3 rings (SSSR count). The first-order chi connectivity index (χ1) is 15.0. The molecule has 0 fully saturated rings. The van der Waals surface area contributed by atoms with E-state index in [1.165, 1.54) is 25.3 Å². The lowest BCUT2D eigenvalue weighted by atomic mass is 10.0. The van der Waals surface area contributed by atoms with Crippen molar-refractivity contribution in [2.75, 3.05) is 0 Å². The van der Waals surface area contributed by atoms with Gasteiger partial charge in [0, 0.05) is 12.6 Å². The summed E-state index contributed by atoms with van der Waals surface area (Å²) in [6, 6.07) is 5.30. The highest BCUT2D eigenvalue weighted by molar-refractivity contribution is 5.97. The Morgan fingerprint density at radius 2 is 1.88 bits per heavy atom. The van der Waals surface area contributed by atoms with Crippen LogP contribution < -0.4 is 10.5 Å². The minimum atomic E-state index is -4.68. The summed E-state index contributed by atoms with van der Waals surface area (Å²) < 4.78 is 59.0. The van der Waals surface area contributed by atoms with E-state index in [0.717, 1.165) is 16.8 Å². The number of ether oxygens (including phenoxy) is 1. The Balaban J connectivity index is 2.02. The predicted octanol–water partition coefficient (Wildman–Crippen LogP) is 3.74. The molecule has 0 aliphatic carbocycles. The zero-order valence-corrected chi connectivity index (χ0v) is 17.0. The minimum Gasteiger partial charge on any atom is -0.406 e. The molecule has 0 bridgehead atoms. The van der Waals surface area contributed by atoms with Crippen molar-refractivity contribution in [1.82, 2.24) is 14.8 Å². The molecule has 0 aliphatic heterocycles. The molecule has 7 nitrogen and oxygen atoms in total. The Kier molecular flexibility index (Phi) is 6.28. The fourth-order valence-corrected chi connectivity index (χ4v) is 3.06. The smallest absolute Gasteiger partial charge is 0.406 e. The molecule has 2 aromatic heterocycles. The Morgan fingerprint density at radius 3 is 2.50 bits per heavy atom.